The largest absolute Gasteiger partial charge is 0.326 e. The zero-order chi connectivity index (χ0) is 13.8. The molecule has 0 aliphatic carbocycles. The first-order valence-corrected chi connectivity index (χ1v) is 6.95. The molecule has 0 radical (unpaired) electrons. The Morgan fingerprint density at radius 2 is 1.79 bits per heavy atom. The van der Waals surface area contributed by atoms with Gasteiger partial charge in [0.2, 0.25) is 5.91 Å². The molecule has 0 atom stereocenters. The highest BCUT2D eigenvalue weighted by molar-refractivity contribution is 9.10. The van der Waals surface area contributed by atoms with E-state index in [1.54, 1.807) is 0 Å². The van der Waals surface area contributed by atoms with E-state index in [2.05, 4.69) is 39.4 Å². The Kier molecular flexibility index (Phi) is 4.38. The van der Waals surface area contributed by atoms with Gasteiger partial charge in [-0.15, -0.1) is 0 Å². The molecule has 98 valence electrons. The van der Waals surface area contributed by atoms with Crippen LogP contribution < -0.4 is 5.32 Å². The predicted octanol–water partition coefficient (Wildman–Crippen LogP) is 4.25. The summed E-state index contributed by atoms with van der Waals surface area (Å²) in [4.78, 5) is 12.0. The van der Waals surface area contributed by atoms with Gasteiger partial charge in [0, 0.05) is 10.2 Å². The number of carbonyl (C=O) groups is 1. The van der Waals surface area contributed by atoms with Gasteiger partial charge in [0.15, 0.2) is 0 Å². The minimum Gasteiger partial charge on any atom is -0.326 e. The van der Waals surface area contributed by atoms with E-state index in [-0.39, 0.29) is 5.91 Å². The molecule has 0 spiro atoms. The third kappa shape index (κ3) is 3.93. The molecule has 0 aliphatic heterocycles. The second kappa shape index (κ2) is 6.02. The van der Waals surface area contributed by atoms with Crippen molar-refractivity contribution in [3.05, 3.63) is 63.6 Å². The Labute approximate surface area is 122 Å². The maximum absolute atomic E-state index is 12.0. The lowest BCUT2D eigenvalue weighted by molar-refractivity contribution is -0.115. The monoisotopic (exact) mass is 317 g/mol. The van der Waals surface area contributed by atoms with E-state index >= 15 is 0 Å². The van der Waals surface area contributed by atoms with E-state index in [9.17, 15) is 4.79 Å². The van der Waals surface area contributed by atoms with E-state index in [4.69, 9.17) is 0 Å². The molecule has 0 bridgehead atoms. The quantitative estimate of drug-likeness (QED) is 0.901. The van der Waals surface area contributed by atoms with Crippen molar-refractivity contribution >= 4 is 27.5 Å². The Morgan fingerprint density at radius 1 is 1.11 bits per heavy atom. The van der Waals surface area contributed by atoms with Gasteiger partial charge in [-0.1, -0.05) is 39.7 Å². The average molecular weight is 318 g/mol. The van der Waals surface area contributed by atoms with Crippen molar-refractivity contribution < 1.29 is 4.79 Å². The summed E-state index contributed by atoms with van der Waals surface area (Å²) in [6, 6.07) is 13.8. The van der Waals surface area contributed by atoms with Crippen LogP contribution in [0.5, 0.6) is 0 Å². The van der Waals surface area contributed by atoms with Crippen molar-refractivity contribution in [3.63, 3.8) is 0 Å². The highest BCUT2D eigenvalue weighted by Gasteiger charge is 2.06. The fourth-order valence-electron chi connectivity index (χ4n) is 1.90. The molecule has 0 unspecified atom stereocenters. The highest BCUT2D eigenvalue weighted by Crippen LogP contribution is 2.15. The number of aryl methyl sites for hydroxylation is 2. The number of carbonyl (C=O) groups excluding carboxylic acids is 1. The van der Waals surface area contributed by atoms with Gasteiger partial charge < -0.3 is 5.32 Å². The van der Waals surface area contributed by atoms with Crippen molar-refractivity contribution in [1.82, 2.24) is 0 Å². The summed E-state index contributed by atoms with van der Waals surface area (Å²) in [6.45, 7) is 4.07. The molecule has 2 aromatic rings. The molecule has 1 N–H and O–H groups in total. The smallest absolute Gasteiger partial charge is 0.228 e. The van der Waals surface area contributed by atoms with Gasteiger partial charge >= 0.3 is 0 Å². The number of rotatable bonds is 3. The minimum absolute atomic E-state index is 0.0102. The van der Waals surface area contributed by atoms with Gasteiger partial charge in [0.1, 0.15) is 0 Å². The molecular formula is C16H16BrNO. The summed E-state index contributed by atoms with van der Waals surface area (Å²) in [6.07, 6.45) is 0.406. The van der Waals surface area contributed by atoms with Crippen LogP contribution >= 0.6 is 15.9 Å². The number of anilines is 1. The topological polar surface area (TPSA) is 29.1 Å². The number of halogens is 1. The summed E-state index contributed by atoms with van der Waals surface area (Å²) in [5.74, 6) is 0.0102. The fourth-order valence-corrected chi connectivity index (χ4v) is 2.17. The SMILES string of the molecule is Cc1ccc(C)c(CC(=O)Nc2ccc(Br)cc2)c1. The van der Waals surface area contributed by atoms with Crippen LogP contribution in [0.25, 0.3) is 0 Å². The zero-order valence-corrected chi connectivity index (χ0v) is 12.6. The molecule has 2 aromatic carbocycles. The molecular weight excluding hydrogens is 302 g/mol. The summed E-state index contributed by atoms with van der Waals surface area (Å²) < 4.78 is 1.00. The summed E-state index contributed by atoms with van der Waals surface area (Å²) >= 11 is 3.37. The normalized spacial score (nSPS) is 10.3. The van der Waals surface area contributed by atoms with Crippen LogP contribution in [0.2, 0.25) is 0 Å². The van der Waals surface area contributed by atoms with Crippen molar-refractivity contribution in [2.75, 3.05) is 5.32 Å². The Bertz CT molecular complexity index is 590. The first-order valence-electron chi connectivity index (χ1n) is 6.16. The first kappa shape index (κ1) is 13.8. The van der Waals surface area contributed by atoms with Gasteiger partial charge in [-0.25, -0.2) is 0 Å². The van der Waals surface area contributed by atoms with Crippen molar-refractivity contribution in [3.8, 4) is 0 Å². The molecule has 0 saturated heterocycles. The number of amides is 1. The molecule has 1 amide bonds. The Hall–Kier alpha value is -1.61. The highest BCUT2D eigenvalue weighted by atomic mass is 79.9. The molecule has 0 aliphatic rings. The van der Waals surface area contributed by atoms with Crippen LogP contribution in [0.3, 0.4) is 0 Å². The van der Waals surface area contributed by atoms with Crippen LogP contribution in [0.4, 0.5) is 5.69 Å². The Balaban J connectivity index is 2.05. The van der Waals surface area contributed by atoms with Crippen molar-refractivity contribution in [2.45, 2.75) is 20.3 Å². The third-order valence-corrected chi connectivity index (χ3v) is 3.51. The predicted molar refractivity (Wildman–Crippen MR) is 82.4 cm³/mol. The molecule has 0 heterocycles. The molecule has 3 heteroatoms. The second-order valence-electron chi connectivity index (χ2n) is 4.66. The summed E-state index contributed by atoms with van der Waals surface area (Å²) in [7, 11) is 0. The molecule has 0 saturated carbocycles. The van der Waals surface area contributed by atoms with Gasteiger partial charge in [-0.3, -0.25) is 4.79 Å². The Morgan fingerprint density at radius 3 is 2.47 bits per heavy atom. The van der Waals surface area contributed by atoms with Crippen molar-refractivity contribution in [1.29, 1.82) is 0 Å². The van der Waals surface area contributed by atoms with Gasteiger partial charge in [0.25, 0.3) is 0 Å². The maximum Gasteiger partial charge on any atom is 0.228 e. The fraction of sp³-hybridized carbons (Fsp3) is 0.188. The zero-order valence-electron chi connectivity index (χ0n) is 11.0. The molecule has 0 fully saturated rings. The van der Waals surface area contributed by atoms with E-state index in [0.717, 1.165) is 21.3 Å². The molecule has 2 rings (SSSR count). The summed E-state index contributed by atoms with van der Waals surface area (Å²) in [5, 5.41) is 2.90. The van der Waals surface area contributed by atoms with Crippen LogP contribution in [-0.4, -0.2) is 5.91 Å². The van der Waals surface area contributed by atoms with Crippen LogP contribution in [0.1, 0.15) is 16.7 Å². The van der Waals surface area contributed by atoms with Gasteiger partial charge in [0.05, 0.1) is 6.42 Å². The average Bonchev–Trinajstić information content (AvgIpc) is 2.37. The molecule has 0 aromatic heterocycles. The second-order valence-corrected chi connectivity index (χ2v) is 5.58. The van der Waals surface area contributed by atoms with Crippen LogP contribution in [-0.2, 0) is 11.2 Å². The minimum atomic E-state index is 0.0102. The molecule has 19 heavy (non-hydrogen) atoms. The number of hydrogen-bond donors (Lipinski definition) is 1. The summed E-state index contributed by atoms with van der Waals surface area (Å²) in [5.41, 5.74) is 4.22. The number of hydrogen-bond acceptors (Lipinski definition) is 1. The van der Waals surface area contributed by atoms with Crippen LogP contribution in [0.15, 0.2) is 46.9 Å². The van der Waals surface area contributed by atoms with Gasteiger partial charge in [-0.2, -0.15) is 0 Å². The van der Waals surface area contributed by atoms with E-state index in [1.165, 1.54) is 5.56 Å². The lowest BCUT2D eigenvalue weighted by Crippen LogP contribution is -2.15. The maximum atomic E-state index is 12.0. The lowest BCUT2D eigenvalue weighted by Gasteiger charge is -2.08. The van der Waals surface area contributed by atoms with E-state index < -0.39 is 0 Å². The first-order chi connectivity index (χ1) is 9.04. The van der Waals surface area contributed by atoms with Crippen molar-refractivity contribution in [2.24, 2.45) is 0 Å². The number of nitrogens with one attached hydrogen (secondary N) is 1. The number of benzene rings is 2. The van der Waals surface area contributed by atoms with Gasteiger partial charge in [-0.05, 0) is 49.2 Å². The standard InChI is InChI=1S/C16H16BrNO/c1-11-3-4-12(2)13(9-11)10-16(19)18-15-7-5-14(17)6-8-15/h3-9H,10H2,1-2H3,(H,18,19). The third-order valence-electron chi connectivity index (χ3n) is 2.98. The molecule has 2 nitrogen and oxygen atoms in total. The van der Waals surface area contributed by atoms with Crippen LogP contribution in [0, 0.1) is 13.8 Å². The van der Waals surface area contributed by atoms with E-state index in [0.29, 0.717) is 6.42 Å². The lowest BCUT2D eigenvalue weighted by atomic mass is 10.0. The van der Waals surface area contributed by atoms with E-state index in [1.807, 2.05) is 38.1 Å².